The van der Waals surface area contributed by atoms with Crippen LogP contribution in [-0.2, 0) is 6.54 Å². The van der Waals surface area contributed by atoms with Crippen LogP contribution in [0.2, 0.25) is 0 Å². The van der Waals surface area contributed by atoms with Crippen LogP contribution in [0.4, 0.5) is 0 Å². The highest BCUT2D eigenvalue weighted by Gasteiger charge is 2.42. The van der Waals surface area contributed by atoms with Crippen LogP contribution in [0.3, 0.4) is 0 Å². The van der Waals surface area contributed by atoms with Gasteiger partial charge in [-0.1, -0.05) is 48.5 Å². The highest BCUT2D eigenvalue weighted by Crippen LogP contribution is 2.35. The molecule has 3 aromatic carbocycles. The van der Waals surface area contributed by atoms with Gasteiger partial charge in [0.15, 0.2) is 0 Å². The second-order valence-electron chi connectivity index (χ2n) is 8.26. The Morgan fingerprint density at radius 2 is 1.77 bits per heavy atom. The lowest BCUT2D eigenvalue weighted by Gasteiger charge is -2.25. The van der Waals surface area contributed by atoms with Gasteiger partial charge in [-0.05, 0) is 41.0 Å². The van der Waals surface area contributed by atoms with E-state index in [0.717, 1.165) is 36.5 Å². The van der Waals surface area contributed by atoms with E-state index in [2.05, 4.69) is 29.2 Å². The fourth-order valence-corrected chi connectivity index (χ4v) is 4.57. The predicted octanol–water partition coefficient (Wildman–Crippen LogP) is 4.08. The lowest BCUT2D eigenvalue weighted by molar-refractivity contribution is 0.0682. The molecule has 0 saturated carbocycles. The molecule has 0 N–H and O–H groups in total. The molecule has 0 radical (unpaired) electrons. The minimum atomic E-state index is -0.0560. The summed E-state index contributed by atoms with van der Waals surface area (Å²) in [5.41, 5.74) is 3.93. The van der Waals surface area contributed by atoms with Crippen molar-refractivity contribution in [1.82, 2.24) is 9.80 Å². The van der Waals surface area contributed by atoms with E-state index in [1.807, 2.05) is 60.5 Å². The van der Waals surface area contributed by atoms with Gasteiger partial charge in [0.1, 0.15) is 17.6 Å². The van der Waals surface area contributed by atoms with Crippen LogP contribution in [0.15, 0.2) is 72.8 Å². The molecule has 5 rings (SSSR count). The molecular formula is C26H26N2O3. The van der Waals surface area contributed by atoms with E-state index in [-0.39, 0.29) is 18.1 Å². The topological polar surface area (TPSA) is 42.0 Å². The molecule has 0 aliphatic carbocycles. The SMILES string of the molecule is COc1cccc(-c2ccc3c(c2)O[C@H]2CN(Cc4ccccc4)C[C@H]2N(C)C3=O)c1. The Bertz CT molecular complexity index is 1100. The third-order valence-corrected chi connectivity index (χ3v) is 6.27. The van der Waals surface area contributed by atoms with E-state index in [4.69, 9.17) is 9.47 Å². The maximum Gasteiger partial charge on any atom is 0.257 e. The van der Waals surface area contributed by atoms with Gasteiger partial charge in [-0.15, -0.1) is 0 Å². The highest BCUT2D eigenvalue weighted by atomic mass is 16.5. The molecule has 5 nitrogen and oxygen atoms in total. The number of carbonyl (C=O) groups is 1. The lowest BCUT2D eigenvalue weighted by atomic mass is 10.0. The molecule has 0 bridgehead atoms. The Kier molecular flexibility index (Phi) is 5.12. The summed E-state index contributed by atoms with van der Waals surface area (Å²) in [7, 11) is 3.55. The van der Waals surface area contributed by atoms with Crippen molar-refractivity contribution in [2.24, 2.45) is 0 Å². The van der Waals surface area contributed by atoms with Gasteiger partial charge in [0, 0.05) is 26.7 Å². The third-order valence-electron chi connectivity index (χ3n) is 6.27. The molecule has 1 fully saturated rings. The zero-order chi connectivity index (χ0) is 21.4. The molecule has 0 aromatic heterocycles. The van der Waals surface area contributed by atoms with Gasteiger partial charge < -0.3 is 14.4 Å². The number of nitrogens with zero attached hydrogens (tertiary/aromatic N) is 2. The monoisotopic (exact) mass is 414 g/mol. The van der Waals surface area contributed by atoms with Gasteiger partial charge in [-0.3, -0.25) is 9.69 Å². The molecule has 5 heteroatoms. The average Bonchev–Trinajstić information content (AvgIpc) is 3.16. The Hall–Kier alpha value is -3.31. The molecule has 0 unspecified atom stereocenters. The summed E-state index contributed by atoms with van der Waals surface area (Å²) >= 11 is 0. The van der Waals surface area contributed by atoms with Crippen molar-refractivity contribution >= 4 is 5.91 Å². The maximum absolute atomic E-state index is 13.2. The van der Waals surface area contributed by atoms with Crippen molar-refractivity contribution in [3.05, 3.63) is 83.9 Å². The summed E-state index contributed by atoms with van der Waals surface area (Å²) < 4.78 is 11.8. The first-order valence-electron chi connectivity index (χ1n) is 10.6. The number of likely N-dealkylation sites (N-methyl/N-ethyl adjacent to an activating group) is 1. The number of ether oxygens (including phenoxy) is 2. The van der Waals surface area contributed by atoms with Crippen LogP contribution in [0.25, 0.3) is 11.1 Å². The van der Waals surface area contributed by atoms with Crippen LogP contribution in [-0.4, -0.2) is 55.1 Å². The molecule has 2 atom stereocenters. The Balaban J connectivity index is 1.43. The average molecular weight is 415 g/mol. The predicted molar refractivity (Wildman–Crippen MR) is 120 cm³/mol. The van der Waals surface area contributed by atoms with E-state index in [9.17, 15) is 4.79 Å². The maximum atomic E-state index is 13.2. The van der Waals surface area contributed by atoms with Gasteiger partial charge in [0.2, 0.25) is 0 Å². The van der Waals surface area contributed by atoms with Crippen molar-refractivity contribution in [2.45, 2.75) is 18.7 Å². The summed E-state index contributed by atoms with van der Waals surface area (Å²) in [6, 6.07) is 24.2. The molecule has 158 valence electrons. The van der Waals surface area contributed by atoms with Crippen LogP contribution in [0.5, 0.6) is 11.5 Å². The number of hydrogen-bond donors (Lipinski definition) is 0. The smallest absolute Gasteiger partial charge is 0.257 e. The van der Waals surface area contributed by atoms with Crippen LogP contribution < -0.4 is 9.47 Å². The van der Waals surface area contributed by atoms with Crippen molar-refractivity contribution in [2.75, 3.05) is 27.2 Å². The number of amides is 1. The molecule has 1 saturated heterocycles. The number of fused-ring (bicyclic) bond motifs is 2. The van der Waals surface area contributed by atoms with Gasteiger partial charge in [0.25, 0.3) is 5.91 Å². The molecule has 2 aliphatic rings. The minimum Gasteiger partial charge on any atom is -0.497 e. The van der Waals surface area contributed by atoms with Crippen molar-refractivity contribution in [3.63, 3.8) is 0 Å². The number of methoxy groups -OCH3 is 1. The molecule has 1 amide bonds. The zero-order valence-electron chi connectivity index (χ0n) is 17.8. The van der Waals surface area contributed by atoms with Crippen molar-refractivity contribution in [3.8, 4) is 22.6 Å². The van der Waals surface area contributed by atoms with Gasteiger partial charge in [-0.25, -0.2) is 0 Å². The van der Waals surface area contributed by atoms with E-state index < -0.39 is 0 Å². The molecule has 2 aliphatic heterocycles. The fourth-order valence-electron chi connectivity index (χ4n) is 4.57. The zero-order valence-corrected chi connectivity index (χ0v) is 17.8. The molecule has 2 heterocycles. The third kappa shape index (κ3) is 3.77. The van der Waals surface area contributed by atoms with Crippen LogP contribution in [0, 0.1) is 0 Å². The molecule has 0 spiro atoms. The number of carbonyl (C=O) groups excluding carboxylic acids is 1. The quantitative estimate of drug-likeness (QED) is 0.645. The first-order chi connectivity index (χ1) is 15.1. The van der Waals surface area contributed by atoms with E-state index in [0.29, 0.717) is 11.3 Å². The Morgan fingerprint density at radius 3 is 2.58 bits per heavy atom. The van der Waals surface area contributed by atoms with Crippen LogP contribution in [0.1, 0.15) is 15.9 Å². The highest BCUT2D eigenvalue weighted by molar-refractivity contribution is 5.98. The summed E-state index contributed by atoms with van der Waals surface area (Å²) in [4.78, 5) is 17.4. The summed E-state index contributed by atoms with van der Waals surface area (Å²) in [6.07, 6.45) is -0.0560. The second kappa shape index (κ2) is 8.08. The second-order valence-corrected chi connectivity index (χ2v) is 8.26. The summed E-state index contributed by atoms with van der Waals surface area (Å²) in [6.45, 7) is 2.45. The largest absolute Gasteiger partial charge is 0.497 e. The minimum absolute atomic E-state index is 0.0150. The van der Waals surface area contributed by atoms with Crippen molar-refractivity contribution < 1.29 is 14.3 Å². The lowest BCUT2D eigenvalue weighted by Crippen LogP contribution is -2.44. The number of hydrogen-bond acceptors (Lipinski definition) is 4. The summed E-state index contributed by atoms with van der Waals surface area (Å²) in [5.74, 6) is 1.48. The van der Waals surface area contributed by atoms with E-state index >= 15 is 0 Å². The van der Waals surface area contributed by atoms with Crippen LogP contribution >= 0.6 is 0 Å². The van der Waals surface area contributed by atoms with Gasteiger partial charge in [0.05, 0.1) is 18.7 Å². The number of likely N-dealkylation sites (tertiary alicyclic amines) is 1. The number of benzene rings is 3. The fraction of sp³-hybridized carbons (Fsp3) is 0.269. The standard InChI is InChI=1S/C26H26N2O3/c1-27-23-16-28(15-18-7-4-3-5-8-18)17-25(23)31-24-14-20(11-12-22(24)26(27)29)19-9-6-10-21(13-19)30-2/h3-14,23,25H,15-17H2,1-2H3/t23-,25+/m1/s1. The first-order valence-corrected chi connectivity index (χ1v) is 10.6. The van der Waals surface area contributed by atoms with Gasteiger partial charge in [-0.2, -0.15) is 0 Å². The molecule has 31 heavy (non-hydrogen) atoms. The van der Waals surface area contributed by atoms with E-state index in [1.165, 1.54) is 5.56 Å². The Morgan fingerprint density at radius 1 is 0.968 bits per heavy atom. The van der Waals surface area contributed by atoms with E-state index in [1.54, 1.807) is 7.11 Å². The Labute approximate surface area is 182 Å². The first kappa shape index (κ1) is 19.6. The normalized spacial score (nSPS) is 20.6. The van der Waals surface area contributed by atoms with Crippen molar-refractivity contribution in [1.29, 1.82) is 0 Å². The number of rotatable bonds is 4. The molecule has 3 aromatic rings. The van der Waals surface area contributed by atoms with Gasteiger partial charge >= 0.3 is 0 Å². The summed E-state index contributed by atoms with van der Waals surface area (Å²) in [5, 5.41) is 0. The molecular weight excluding hydrogens is 388 g/mol.